The molecule has 0 fully saturated rings. The normalized spacial score (nSPS) is 12.0. The molecule has 0 aliphatic carbocycles. The van der Waals surface area contributed by atoms with Crippen molar-refractivity contribution in [1.29, 1.82) is 0 Å². The Hall–Kier alpha value is -2.83. The van der Waals surface area contributed by atoms with Crippen molar-refractivity contribution in [3.63, 3.8) is 0 Å². The summed E-state index contributed by atoms with van der Waals surface area (Å²) in [5.74, 6) is -0.954. The van der Waals surface area contributed by atoms with Gasteiger partial charge < -0.3 is 19.6 Å². The number of ether oxygens (including phenoxy) is 1. The van der Waals surface area contributed by atoms with E-state index < -0.39 is 23.6 Å². The number of aliphatic carboxylic acids is 1. The fraction of sp³-hybridized carbons (Fsp3) is 0.421. The van der Waals surface area contributed by atoms with Gasteiger partial charge in [0.15, 0.2) is 6.10 Å². The molecule has 0 aliphatic heterocycles. The molecule has 2 aromatic rings. The van der Waals surface area contributed by atoms with E-state index in [0.29, 0.717) is 16.9 Å². The van der Waals surface area contributed by atoms with Gasteiger partial charge in [0.25, 0.3) is 5.91 Å². The first kappa shape index (κ1) is 19.5. The van der Waals surface area contributed by atoms with E-state index in [1.165, 1.54) is 6.07 Å². The minimum Gasteiger partial charge on any atom is -0.481 e. The van der Waals surface area contributed by atoms with Crippen molar-refractivity contribution in [2.45, 2.75) is 46.1 Å². The van der Waals surface area contributed by atoms with Gasteiger partial charge in [0.2, 0.25) is 0 Å². The van der Waals surface area contributed by atoms with E-state index in [1.807, 2.05) is 13.0 Å². The van der Waals surface area contributed by atoms with Crippen LogP contribution in [-0.4, -0.2) is 29.6 Å². The molecule has 0 spiro atoms. The number of benzene rings is 1. The van der Waals surface area contributed by atoms with Crippen molar-refractivity contribution in [2.24, 2.45) is 0 Å². The first-order valence-corrected chi connectivity index (χ1v) is 8.56. The highest BCUT2D eigenvalue weighted by Crippen LogP contribution is 2.29. The van der Waals surface area contributed by atoms with Gasteiger partial charge in [0.1, 0.15) is 11.3 Å². The van der Waals surface area contributed by atoms with Crippen molar-refractivity contribution in [2.75, 3.05) is 6.54 Å². The van der Waals surface area contributed by atoms with Crippen molar-refractivity contribution >= 4 is 22.8 Å². The Balaban J connectivity index is 2.22. The van der Waals surface area contributed by atoms with Crippen LogP contribution >= 0.6 is 0 Å². The Kier molecular flexibility index (Phi) is 6.38. The van der Waals surface area contributed by atoms with Crippen LogP contribution in [0.3, 0.4) is 0 Å². The summed E-state index contributed by atoms with van der Waals surface area (Å²) in [6, 6.07) is 5.07. The lowest BCUT2D eigenvalue weighted by Gasteiger charge is -2.17. The van der Waals surface area contributed by atoms with Crippen LogP contribution in [0.5, 0.6) is 5.75 Å². The molecule has 0 saturated heterocycles. The largest absolute Gasteiger partial charge is 0.481 e. The van der Waals surface area contributed by atoms with Crippen LogP contribution < -0.4 is 15.7 Å². The number of amides is 1. The van der Waals surface area contributed by atoms with Gasteiger partial charge in [-0.15, -0.1) is 0 Å². The second kappa shape index (κ2) is 8.51. The van der Waals surface area contributed by atoms with Gasteiger partial charge in [-0.1, -0.05) is 13.3 Å². The zero-order chi connectivity index (χ0) is 19.3. The second-order valence-electron chi connectivity index (χ2n) is 6.10. The molecule has 2 rings (SSSR count). The first-order chi connectivity index (χ1) is 12.3. The molecule has 140 valence electrons. The van der Waals surface area contributed by atoms with Crippen LogP contribution in [0, 0.1) is 6.92 Å². The Labute approximate surface area is 151 Å². The van der Waals surface area contributed by atoms with E-state index in [4.69, 9.17) is 14.3 Å². The predicted octanol–water partition coefficient (Wildman–Crippen LogP) is 2.41. The van der Waals surface area contributed by atoms with E-state index >= 15 is 0 Å². The highest BCUT2D eigenvalue weighted by atomic mass is 16.5. The van der Waals surface area contributed by atoms with E-state index in [-0.39, 0.29) is 13.0 Å². The molecule has 1 amide bonds. The monoisotopic (exact) mass is 361 g/mol. The highest BCUT2D eigenvalue weighted by Gasteiger charge is 2.18. The number of hydrogen-bond acceptors (Lipinski definition) is 5. The number of carbonyl (C=O) groups is 2. The molecule has 0 aliphatic rings. The molecule has 0 unspecified atom stereocenters. The standard InChI is InChI=1S/C19H23NO6/c1-4-5-13-10-17(23)26-18-11(2)15(7-6-14(13)18)25-12(3)19(24)20-9-8-16(21)22/h6-7,10,12H,4-5,8-9H2,1-3H3,(H,20,24)(H,21,22)/t12-/m0/s1. The number of carboxylic acid groups (broad SMARTS) is 1. The number of fused-ring (bicyclic) bond motifs is 1. The number of carboxylic acids is 1. The molecule has 1 atom stereocenters. The van der Waals surface area contributed by atoms with Crippen LogP contribution in [0.4, 0.5) is 0 Å². The maximum Gasteiger partial charge on any atom is 0.336 e. The molecule has 1 aromatic carbocycles. The smallest absolute Gasteiger partial charge is 0.336 e. The Morgan fingerprint density at radius 1 is 1.35 bits per heavy atom. The van der Waals surface area contributed by atoms with Gasteiger partial charge in [-0.05, 0) is 38.0 Å². The highest BCUT2D eigenvalue weighted by molar-refractivity contribution is 5.85. The maximum absolute atomic E-state index is 12.0. The molecular formula is C19H23NO6. The average molecular weight is 361 g/mol. The number of rotatable bonds is 8. The van der Waals surface area contributed by atoms with Crippen molar-refractivity contribution in [1.82, 2.24) is 5.32 Å². The van der Waals surface area contributed by atoms with Gasteiger partial charge in [0, 0.05) is 23.6 Å². The predicted molar refractivity (Wildman–Crippen MR) is 96.6 cm³/mol. The molecule has 7 heteroatoms. The zero-order valence-corrected chi connectivity index (χ0v) is 15.1. The fourth-order valence-corrected chi connectivity index (χ4v) is 2.69. The maximum atomic E-state index is 12.0. The summed E-state index contributed by atoms with van der Waals surface area (Å²) in [6.45, 7) is 5.41. The first-order valence-electron chi connectivity index (χ1n) is 8.56. The SMILES string of the molecule is CCCc1cc(=O)oc2c(C)c(O[C@@H](C)C(=O)NCCC(=O)O)ccc12. The number of nitrogens with one attached hydrogen (secondary N) is 1. The van der Waals surface area contributed by atoms with E-state index in [1.54, 1.807) is 19.9 Å². The van der Waals surface area contributed by atoms with Gasteiger partial charge in [-0.25, -0.2) is 4.79 Å². The van der Waals surface area contributed by atoms with E-state index in [0.717, 1.165) is 23.8 Å². The topological polar surface area (TPSA) is 106 Å². The van der Waals surface area contributed by atoms with Crippen LogP contribution in [0.1, 0.15) is 37.8 Å². The summed E-state index contributed by atoms with van der Waals surface area (Å²) < 4.78 is 11.0. The van der Waals surface area contributed by atoms with Gasteiger partial charge >= 0.3 is 11.6 Å². The molecule has 1 aromatic heterocycles. The van der Waals surface area contributed by atoms with Gasteiger partial charge in [0.05, 0.1) is 6.42 Å². The van der Waals surface area contributed by atoms with Crippen molar-refractivity contribution < 1.29 is 23.8 Å². The summed E-state index contributed by atoms with van der Waals surface area (Å²) in [5, 5.41) is 12.0. The summed E-state index contributed by atoms with van der Waals surface area (Å²) in [5.41, 5.74) is 1.60. The molecule has 26 heavy (non-hydrogen) atoms. The second-order valence-corrected chi connectivity index (χ2v) is 6.10. The third-order valence-corrected chi connectivity index (χ3v) is 4.03. The molecule has 0 bridgehead atoms. The zero-order valence-electron chi connectivity index (χ0n) is 15.1. The van der Waals surface area contributed by atoms with Crippen molar-refractivity contribution in [3.05, 3.63) is 39.7 Å². The number of carbonyl (C=O) groups excluding carboxylic acids is 1. The summed E-state index contributed by atoms with van der Waals surface area (Å²) >= 11 is 0. The van der Waals surface area contributed by atoms with Crippen LogP contribution in [-0.2, 0) is 16.0 Å². The van der Waals surface area contributed by atoms with Crippen LogP contribution in [0.2, 0.25) is 0 Å². The molecule has 7 nitrogen and oxygen atoms in total. The summed E-state index contributed by atoms with van der Waals surface area (Å²) in [6.07, 6.45) is 0.706. The van der Waals surface area contributed by atoms with Crippen molar-refractivity contribution in [3.8, 4) is 5.75 Å². The van der Waals surface area contributed by atoms with Crippen LogP contribution in [0.15, 0.2) is 27.4 Å². The molecular weight excluding hydrogens is 338 g/mol. The quantitative estimate of drug-likeness (QED) is 0.700. The van der Waals surface area contributed by atoms with E-state index in [2.05, 4.69) is 5.32 Å². The minimum absolute atomic E-state index is 0.0355. The molecule has 0 saturated carbocycles. The van der Waals surface area contributed by atoms with Gasteiger partial charge in [-0.2, -0.15) is 0 Å². The Morgan fingerprint density at radius 3 is 2.73 bits per heavy atom. The van der Waals surface area contributed by atoms with Gasteiger partial charge in [-0.3, -0.25) is 9.59 Å². The van der Waals surface area contributed by atoms with Crippen LogP contribution in [0.25, 0.3) is 11.0 Å². The third-order valence-electron chi connectivity index (χ3n) is 4.03. The fourth-order valence-electron chi connectivity index (χ4n) is 2.69. The molecule has 2 N–H and O–H groups in total. The lowest BCUT2D eigenvalue weighted by molar-refractivity contribution is -0.137. The number of aryl methyl sites for hydroxylation is 2. The molecule has 1 heterocycles. The summed E-state index contributed by atoms with van der Waals surface area (Å²) in [7, 11) is 0. The minimum atomic E-state index is -0.984. The Morgan fingerprint density at radius 2 is 2.08 bits per heavy atom. The lowest BCUT2D eigenvalue weighted by Crippen LogP contribution is -2.37. The summed E-state index contributed by atoms with van der Waals surface area (Å²) in [4.78, 5) is 34.3. The third kappa shape index (κ3) is 4.62. The molecule has 0 radical (unpaired) electrons. The lowest BCUT2D eigenvalue weighted by atomic mass is 10.0. The number of hydrogen-bond donors (Lipinski definition) is 2. The van der Waals surface area contributed by atoms with E-state index in [9.17, 15) is 14.4 Å². The Bertz CT molecular complexity index is 870. The average Bonchev–Trinajstić information content (AvgIpc) is 2.57.